The summed E-state index contributed by atoms with van der Waals surface area (Å²) in [4.78, 5) is 30.0. The Morgan fingerprint density at radius 3 is 2.56 bits per heavy atom. The molecule has 1 N–H and O–H groups in total. The van der Waals surface area contributed by atoms with Gasteiger partial charge in [-0.15, -0.1) is 0 Å². The maximum Gasteiger partial charge on any atom is 0.290 e. The fraction of sp³-hybridized carbons (Fsp3) is 0.280. The predicted octanol–water partition coefficient (Wildman–Crippen LogP) is 4.49. The lowest BCUT2D eigenvalue weighted by molar-refractivity contribution is -0.129. The minimum absolute atomic E-state index is 0.0209. The summed E-state index contributed by atoms with van der Waals surface area (Å²) in [5.74, 6) is -2.32. The molecule has 1 atom stereocenters. The summed E-state index contributed by atoms with van der Waals surface area (Å²) < 4.78 is 19.8. The molecule has 0 aliphatic carbocycles. The minimum Gasteiger partial charge on any atom is -0.503 e. The molecule has 1 aromatic heterocycles. The van der Waals surface area contributed by atoms with Crippen molar-refractivity contribution in [2.45, 2.75) is 19.9 Å². The van der Waals surface area contributed by atoms with Crippen molar-refractivity contribution in [1.29, 1.82) is 0 Å². The zero-order valence-electron chi connectivity index (χ0n) is 18.0. The quantitative estimate of drug-likeness (QED) is 0.527. The van der Waals surface area contributed by atoms with Gasteiger partial charge in [0, 0.05) is 18.5 Å². The number of fused-ring (bicyclic) bond motifs is 1. The molecule has 4 rings (SSSR count). The number of ketones is 1. The summed E-state index contributed by atoms with van der Waals surface area (Å²) in [6.45, 7) is 6.48. The molecular weight excluding hydrogens is 411 g/mol. The van der Waals surface area contributed by atoms with Gasteiger partial charge >= 0.3 is 0 Å². The topological polar surface area (TPSA) is 74.0 Å². The highest BCUT2D eigenvalue weighted by molar-refractivity contribution is 6.16. The molecule has 1 aliphatic rings. The molecule has 3 aromatic rings. The molecule has 1 aliphatic heterocycles. The Morgan fingerprint density at radius 2 is 1.88 bits per heavy atom. The van der Waals surface area contributed by atoms with Crippen molar-refractivity contribution in [3.05, 3.63) is 83.1 Å². The Bertz CT molecular complexity index is 1160. The van der Waals surface area contributed by atoms with Gasteiger partial charge in [-0.05, 0) is 42.9 Å². The van der Waals surface area contributed by atoms with E-state index in [1.165, 1.54) is 23.1 Å². The monoisotopic (exact) mass is 436 g/mol. The Labute approximate surface area is 185 Å². The van der Waals surface area contributed by atoms with Crippen molar-refractivity contribution >= 4 is 22.7 Å². The third-order valence-electron chi connectivity index (χ3n) is 5.91. The van der Waals surface area contributed by atoms with Crippen LogP contribution in [0.4, 0.5) is 4.39 Å². The van der Waals surface area contributed by atoms with Crippen LogP contribution in [-0.2, 0) is 4.79 Å². The first-order chi connectivity index (χ1) is 15.4. The number of carbonyl (C=O) groups is 2. The molecule has 1 amide bonds. The average molecular weight is 436 g/mol. The van der Waals surface area contributed by atoms with E-state index in [0.717, 1.165) is 18.5 Å². The first kappa shape index (κ1) is 21.8. The number of aliphatic hydroxyl groups is 1. The van der Waals surface area contributed by atoms with Crippen LogP contribution in [0.2, 0.25) is 0 Å². The second-order valence-corrected chi connectivity index (χ2v) is 7.72. The summed E-state index contributed by atoms with van der Waals surface area (Å²) in [6.07, 6.45) is 0. The number of nitrogens with zero attached hydrogens (tertiary/aromatic N) is 2. The third kappa shape index (κ3) is 3.91. The number of rotatable bonds is 8. The van der Waals surface area contributed by atoms with Crippen LogP contribution in [0.25, 0.3) is 11.0 Å². The number of hydrogen-bond donors (Lipinski definition) is 1. The van der Waals surface area contributed by atoms with E-state index < -0.39 is 29.3 Å². The van der Waals surface area contributed by atoms with Gasteiger partial charge in [0.25, 0.3) is 5.91 Å². The highest BCUT2D eigenvalue weighted by atomic mass is 19.1. The van der Waals surface area contributed by atoms with Gasteiger partial charge in [0.2, 0.25) is 5.78 Å². The molecule has 2 heterocycles. The van der Waals surface area contributed by atoms with Crippen molar-refractivity contribution in [2.24, 2.45) is 0 Å². The van der Waals surface area contributed by atoms with Crippen LogP contribution in [0.1, 0.15) is 36.0 Å². The summed E-state index contributed by atoms with van der Waals surface area (Å²) in [5.41, 5.74) is 0.849. The van der Waals surface area contributed by atoms with Gasteiger partial charge in [0.05, 0.1) is 11.6 Å². The molecule has 0 spiro atoms. The van der Waals surface area contributed by atoms with Crippen molar-refractivity contribution in [3.8, 4) is 0 Å². The molecule has 6 nitrogen and oxygen atoms in total. The van der Waals surface area contributed by atoms with Gasteiger partial charge in [0.15, 0.2) is 11.5 Å². The van der Waals surface area contributed by atoms with Crippen molar-refractivity contribution in [3.63, 3.8) is 0 Å². The van der Waals surface area contributed by atoms with Crippen molar-refractivity contribution < 1.29 is 23.5 Å². The van der Waals surface area contributed by atoms with E-state index in [0.29, 0.717) is 17.7 Å². The van der Waals surface area contributed by atoms with Crippen LogP contribution < -0.4 is 0 Å². The Hall–Kier alpha value is -3.45. The van der Waals surface area contributed by atoms with Gasteiger partial charge in [0.1, 0.15) is 11.4 Å². The summed E-state index contributed by atoms with van der Waals surface area (Å²) in [6, 6.07) is 13.6. The molecule has 32 heavy (non-hydrogen) atoms. The number of para-hydroxylation sites is 1. The first-order valence-electron chi connectivity index (χ1n) is 10.7. The van der Waals surface area contributed by atoms with Gasteiger partial charge in [-0.3, -0.25) is 9.59 Å². The van der Waals surface area contributed by atoms with E-state index in [4.69, 9.17) is 4.42 Å². The van der Waals surface area contributed by atoms with Crippen LogP contribution in [0, 0.1) is 5.82 Å². The zero-order chi connectivity index (χ0) is 22.8. The summed E-state index contributed by atoms with van der Waals surface area (Å²) >= 11 is 0. The van der Waals surface area contributed by atoms with Gasteiger partial charge in [-0.1, -0.05) is 44.2 Å². The summed E-state index contributed by atoms with van der Waals surface area (Å²) in [7, 11) is 0. The zero-order valence-corrected chi connectivity index (χ0v) is 18.0. The normalized spacial score (nSPS) is 16.6. The predicted molar refractivity (Wildman–Crippen MR) is 119 cm³/mol. The molecular formula is C25H25FN2O4. The largest absolute Gasteiger partial charge is 0.503 e. The van der Waals surface area contributed by atoms with Crippen LogP contribution >= 0.6 is 0 Å². The maximum absolute atomic E-state index is 14.1. The molecule has 0 radical (unpaired) electrons. The molecule has 0 saturated carbocycles. The number of Topliss-reactive ketones (excluding diaryl/α,β-unsaturated/α-hetero) is 1. The highest BCUT2D eigenvalue weighted by Gasteiger charge is 2.44. The SMILES string of the molecule is CCN(CC)CCN1C(=O)C(O)=C(C(=O)c2cc3ccccc3o2)[C@H]1c1cccc(F)c1. The lowest BCUT2D eigenvalue weighted by atomic mass is 9.95. The minimum atomic E-state index is -0.908. The van der Waals surface area contributed by atoms with E-state index in [-0.39, 0.29) is 17.9 Å². The Morgan fingerprint density at radius 1 is 1.12 bits per heavy atom. The van der Waals surface area contributed by atoms with E-state index in [9.17, 15) is 19.1 Å². The number of furan rings is 1. The second-order valence-electron chi connectivity index (χ2n) is 7.72. The number of hydrogen-bond acceptors (Lipinski definition) is 5. The van der Waals surface area contributed by atoms with E-state index >= 15 is 0 Å². The second kappa shape index (κ2) is 8.96. The number of amides is 1. The maximum atomic E-state index is 14.1. The van der Waals surface area contributed by atoms with E-state index in [1.807, 2.05) is 26.0 Å². The fourth-order valence-electron chi connectivity index (χ4n) is 4.15. The number of likely N-dealkylation sites (N-methyl/N-ethyl adjacent to an activating group) is 1. The first-order valence-corrected chi connectivity index (χ1v) is 10.7. The third-order valence-corrected chi connectivity index (χ3v) is 5.91. The highest BCUT2D eigenvalue weighted by Crippen LogP contribution is 2.39. The standard InChI is InChI=1S/C25H25FN2O4/c1-3-27(4-2)12-13-28-22(17-9-7-10-18(26)14-17)21(24(30)25(28)31)23(29)20-15-16-8-5-6-11-19(16)32-20/h5-11,14-15,22,30H,3-4,12-13H2,1-2H3/t22-/m1/s1. The molecule has 0 unspecified atom stereocenters. The van der Waals surface area contributed by atoms with E-state index in [2.05, 4.69) is 4.90 Å². The van der Waals surface area contributed by atoms with E-state index in [1.54, 1.807) is 24.3 Å². The number of carbonyl (C=O) groups excluding carboxylic acids is 2. The number of benzene rings is 2. The van der Waals surface area contributed by atoms with Crippen molar-refractivity contribution in [1.82, 2.24) is 9.80 Å². The Kier molecular flexibility index (Phi) is 6.10. The van der Waals surface area contributed by atoms with Gasteiger partial charge < -0.3 is 19.3 Å². The molecule has 7 heteroatoms. The van der Waals surface area contributed by atoms with Gasteiger partial charge in [-0.25, -0.2) is 4.39 Å². The number of aliphatic hydroxyl groups excluding tert-OH is 1. The summed E-state index contributed by atoms with van der Waals surface area (Å²) in [5, 5.41) is 11.5. The fourth-order valence-corrected chi connectivity index (χ4v) is 4.15. The molecule has 166 valence electrons. The molecule has 0 saturated heterocycles. The number of halogens is 1. The van der Waals surface area contributed by atoms with Crippen LogP contribution in [0.5, 0.6) is 0 Å². The van der Waals surface area contributed by atoms with Crippen LogP contribution in [-0.4, -0.2) is 52.8 Å². The van der Waals surface area contributed by atoms with Gasteiger partial charge in [-0.2, -0.15) is 0 Å². The lowest BCUT2D eigenvalue weighted by Crippen LogP contribution is -2.38. The van der Waals surface area contributed by atoms with Crippen molar-refractivity contribution in [2.75, 3.05) is 26.2 Å². The average Bonchev–Trinajstić information content (AvgIpc) is 3.34. The smallest absolute Gasteiger partial charge is 0.290 e. The van der Waals surface area contributed by atoms with Crippen LogP contribution in [0.15, 0.2) is 70.3 Å². The van der Waals surface area contributed by atoms with Crippen LogP contribution in [0.3, 0.4) is 0 Å². The Balaban J connectivity index is 1.75. The molecule has 0 bridgehead atoms. The lowest BCUT2D eigenvalue weighted by Gasteiger charge is -2.29. The molecule has 2 aromatic carbocycles. The molecule has 0 fully saturated rings.